The molecule has 0 aromatic heterocycles. The molecular weight excluding hydrogens is 469 g/mol. The molecule has 0 amide bonds. The van der Waals surface area contributed by atoms with Crippen molar-refractivity contribution in [2.45, 2.75) is 13.3 Å². The molecule has 0 bridgehead atoms. The number of anilines is 2. The molecule has 0 unspecified atom stereocenters. The second-order valence-electron chi connectivity index (χ2n) is 5.64. The van der Waals surface area contributed by atoms with Crippen LogP contribution in [0.25, 0.3) is 0 Å². The lowest BCUT2D eigenvalue weighted by Crippen LogP contribution is -2.15. The number of nitrogens with one attached hydrogen (secondary N) is 1. The zero-order chi connectivity index (χ0) is 19.2. The SMILES string of the molecule is Cc1cccc(I)c1Nc1ccccc1CC(=O)OCCOS(C)(=O)=O. The first-order valence-electron chi connectivity index (χ1n) is 7.86. The molecule has 140 valence electrons. The fourth-order valence-electron chi connectivity index (χ4n) is 2.27. The molecule has 0 radical (unpaired) electrons. The lowest BCUT2D eigenvalue weighted by molar-refractivity contribution is -0.143. The van der Waals surface area contributed by atoms with Crippen LogP contribution in [-0.2, 0) is 30.3 Å². The molecule has 0 saturated carbocycles. The fourth-order valence-corrected chi connectivity index (χ4v) is 3.41. The number of hydrogen-bond donors (Lipinski definition) is 1. The molecule has 0 saturated heterocycles. The molecule has 2 rings (SSSR count). The summed E-state index contributed by atoms with van der Waals surface area (Å²) in [4.78, 5) is 12.0. The van der Waals surface area contributed by atoms with Crippen molar-refractivity contribution < 1.29 is 22.1 Å². The summed E-state index contributed by atoms with van der Waals surface area (Å²) in [5.41, 5.74) is 3.72. The van der Waals surface area contributed by atoms with Gasteiger partial charge >= 0.3 is 5.97 Å². The average Bonchev–Trinajstić information content (AvgIpc) is 2.56. The van der Waals surface area contributed by atoms with Gasteiger partial charge in [0.25, 0.3) is 10.1 Å². The molecular formula is C18H20INO5S. The van der Waals surface area contributed by atoms with Gasteiger partial charge in [-0.25, -0.2) is 0 Å². The Kier molecular flexibility index (Phi) is 7.42. The molecule has 0 aliphatic carbocycles. The minimum Gasteiger partial charge on any atom is -0.463 e. The summed E-state index contributed by atoms with van der Waals surface area (Å²) >= 11 is 2.26. The molecule has 0 fully saturated rings. The van der Waals surface area contributed by atoms with E-state index in [0.29, 0.717) is 0 Å². The van der Waals surface area contributed by atoms with Gasteiger partial charge in [-0.15, -0.1) is 0 Å². The fraction of sp³-hybridized carbons (Fsp3) is 0.278. The maximum Gasteiger partial charge on any atom is 0.310 e. The highest BCUT2D eigenvalue weighted by atomic mass is 127. The van der Waals surface area contributed by atoms with Crippen LogP contribution in [0.5, 0.6) is 0 Å². The summed E-state index contributed by atoms with van der Waals surface area (Å²) < 4.78 is 32.4. The first-order valence-corrected chi connectivity index (χ1v) is 10.8. The van der Waals surface area contributed by atoms with Gasteiger partial charge in [0, 0.05) is 9.26 Å². The number of carbonyl (C=O) groups is 1. The van der Waals surface area contributed by atoms with Gasteiger partial charge in [0.15, 0.2) is 0 Å². The van der Waals surface area contributed by atoms with E-state index < -0.39 is 16.1 Å². The summed E-state index contributed by atoms with van der Waals surface area (Å²) in [7, 11) is -3.53. The zero-order valence-electron chi connectivity index (χ0n) is 14.5. The van der Waals surface area contributed by atoms with Crippen molar-refractivity contribution in [2.24, 2.45) is 0 Å². The summed E-state index contributed by atoms with van der Waals surface area (Å²) in [6, 6.07) is 13.5. The number of para-hydroxylation sites is 2. The Balaban J connectivity index is 2.01. The minimum absolute atomic E-state index is 0.0739. The maximum atomic E-state index is 12.0. The summed E-state index contributed by atoms with van der Waals surface area (Å²) in [5, 5.41) is 3.38. The van der Waals surface area contributed by atoms with Crippen LogP contribution in [-0.4, -0.2) is 33.9 Å². The number of rotatable bonds is 8. The summed E-state index contributed by atoms with van der Waals surface area (Å²) in [5.74, 6) is -0.448. The molecule has 0 aliphatic rings. The van der Waals surface area contributed by atoms with Crippen molar-refractivity contribution in [3.05, 3.63) is 57.2 Å². The third-order valence-corrected chi connectivity index (χ3v) is 4.97. The first-order chi connectivity index (χ1) is 12.3. The second kappa shape index (κ2) is 9.33. The highest BCUT2D eigenvalue weighted by Gasteiger charge is 2.12. The summed E-state index contributed by atoms with van der Waals surface area (Å²) in [6.45, 7) is 1.71. The highest BCUT2D eigenvalue weighted by molar-refractivity contribution is 14.1. The monoisotopic (exact) mass is 489 g/mol. The van der Waals surface area contributed by atoms with Gasteiger partial charge in [0.1, 0.15) is 13.2 Å². The topological polar surface area (TPSA) is 81.7 Å². The van der Waals surface area contributed by atoms with E-state index in [2.05, 4.69) is 32.1 Å². The van der Waals surface area contributed by atoms with E-state index in [0.717, 1.165) is 32.3 Å². The van der Waals surface area contributed by atoms with Crippen molar-refractivity contribution in [3.63, 3.8) is 0 Å². The number of halogens is 1. The smallest absolute Gasteiger partial charge is 0.310 e. The van der Waals surface area contributed by atoms with Gasteiger partial charge in [-0.3, -0.25) is 8.98 Å². The lowest BCUT2D eigenvalue weighted by Gasteiger charge is -2.15. The van der Waals surface area contributed by atoms with Crippen molar-refractivity contribution >= 4 is 50.1 Å². The third-order valence-electron chi connectivity index (χ3n) is 3.48. The predicted octanol–water partition coefficient (Wildman–Crippen LogP) is 3.41. The minimum atomic E-state index is -3.53. The predicted molar refractivity (Wildman–Crippen MR) is 109 cm³/mol. The van der Waals surface area contributed by atoms with Crippen LogP contribution in [0.15, 0.2) is 42.5 Å². The lowest BCUT2D eigenvalue weighted by atomic mass is 10.1. The highest BCUT2D eigenvalue weighted by Crippen LogP contribution is 2.28. The van der Waals surface area contributed by atoms with Crippen molar-refractivity contribution in [2.75, 3.05) is 24.8 Å². The van der Waals surface area contributed by atoms with Crippen molar-refractivity contribution in [1.29, 1.82) is 0 Å². The zero-order valence-corrected chi connectivity index (χ0v) is 17.5. The van der Waals surface area contributed by atoms with E-state index in [4.69, 9.17) is 4.74 Å². The molecule has 8 heteroatoms. The van der Waals surface area contributed by atoms with Gasteiger partial charge in [-0.1, -0.05) is 30.3 Å². The molecule has 26 heavy (non-hydrogen) atoms. The van der Waals surface area contributed by atoms with Gasteiger partial charge in [-0.2, -0.15) is 8.42 Å². The van der Waals surface area contributed by atoms with E-state index in [1.54, 1.807) is 0 Å². The first kappa shape index (κ1) is 20.7. The van der Waals surface area contributed by atoms with Gasteiger partial charge in [0.2, 0.25) is 0 Å². The molecule has 1 N–H and O–H groups in total. The number of benzene rings is 2. The molecule has 0 atom stereocenters. The average molecular weight is 489 g/mol. The summed E-state index contributed by atoms with van der Waals surface area (Å²) in [6.07, 6.45) is 1.02. The molecule has 2 aromatic carbocycles. The number of carbonyl (C=O) groups excluding carboxylic acids is 1. The van der Waals surface area contributed by atoms with E-state index in [9.17, 15) is 13.2 Å². The van der Waals surface area contributed by atoms with Crippen LogP contribution < -0.4 is 5.32 Å². The Hall–Kier alpha value is -1.65. The molecule has 2 aromatic rings. The van der Waals surface area contributed by atoms with Crippen LogP contribution in [0.2, 0.25) is 0 Å². The van der Waals surface area contributed by atoms with Crippen molar-refractivity contribution in [3.8, 4) is 0 Å². The van der Waals surface area contributed by atoms with Gasteiger partial charge in [-0.05, 0) is 52.8 Å². The second-order valence-corrected chi connectivity index (χ2v) is 8.44. The van der Waals surface area contributed by atoms with Crippen LogP contribution in [0.1, 0.15) is 11.1 Å². The van der Waals surface area contributed by atoms with E-state index in [1.165, 1.54) is 0 Å². The van der Waals surface area contributed by atoms with Crippen LogP contribution in [0.3, 0.4) is 0 Å². The molecule has 0 heterocycles. The normalized spacial score (nSPS) is 11.2. The Bertz CT molecular complexity index is 863. The van der Waals surface area contributed by atoms with E-state index in [-0.39, 0.29) is 19.6 Å². The van der Waals surface area contributed by atoms with Crippen LogP contribution >= 0.6 is 22.6 Å². The Morgan fingerprint density at radius 1 is 1.12 bits per heavy atom. The van der Waals surface area contributed by atoms with Crippen molar-refractivity contribution in [1.82, 2.24) is 0 Å². The maximum absolute atomic E-state index is 12.0. The number of hydrogen-bond acceptors (Lipinski definition) is 6. The Labute approximate surface area is 167 Å². The molecule has 0 aliphatic heterocycles. The standard InChI is InChI=1S/C18H20INO5S/c1-13-6-5-8-15(19)18(13)20-16-9-4-3-7-14(16)12-17(21)24-10-11-25-26(2,22)23/h3-9,20H,10-12H2,1-2H3. The number of aryl methyl sites for hydroxylation is 1. The number of esters is 1. The van der Waals surface area contributed by atoms with Gasteiger partial charge in [0.05, 0.1) is 18.4 Å². The molecule has 0 spiro atoms. The van der Waals surface area contributed by atoms with E-state index in [1.807, 2.05) is 49.4 Å². The third kappa shape index (κ3) is 6.58. The van der Waals surface area contributed by atoms with E-state index >= 15 is 0 Å². The number of ether oxygens (including phenoxy) is 1. The van der Waals surface area contributed by atoms with Gasteiger partial charge < -0.3 is 10.1 Å². The quantitative estimate of drug-likeness (QED) is 0.265. The molecule has 6 nitrogen and oxygen atoms in total. The van der Waals surface area contributed by atoms with Crippen LogP contribution in [0, 0.1) is 10.5 Å². The van der Waals surface area contributed by atoms with Crippen LogP contribution in [0.4, 0.5) is 11.4 Å². The largest absolute Gasteiger partial charge is 0.463 e. The Morgan fingerprint density at radius 3 is 2.54 bits per heavy atom. The Morgan fingerprint density at radius 2 is 1.85 bits per heavy atom.